The Morgan fingerprint density at radius 2 is 1.88 bits per heavy atom. The van der Waals surface area contributed by atoms with Crippen molar-refractivity contribution in [2.24, 2.45) is 0 Å². The van der Waals surface area contributed by atoms with Crippen molar-refractivity contribution in [2.45, 2.75) is 0 Å². The molecule has 0 amide bonds. The molecule has 0 fully saturated rings. The number of hydrogen-bond donors (Lipinski definition) is 1. The van der Waals surface area contributed by atoms with Gasteiger partial charge in [0.1, 0.15) is 11.5 Å². The first kappa shape index (κ1) is 10.9. The lowest BCUT2D eigenvalue weighted by Gasteiger charge is -2.04. The van der Waals surface area contributed by atoms with Gasteiger partial charge < -0.3 is 10.5 Å². The lowest BCUT2D eigenvalue weighted by Crippen LogP contribution is -1.90. The Bertz CT molecular complexity index is 540. The molecular weight excluding hydrogens is 222 g/mol. The zero-order chi connectivity index (χ0) is 12.3. The molecule has 1 heterocycles. The summed E-state index contributed by atoms with van der Waals surface area (Å²) in [6.07, 6.45) is 3.01. The lowest BCUT2D eigenvalue weighted by atomic mass is 10.3. The van der Waals surface area contributed by atoms with E-state index in [1.807, 2.05) is 0 Å². The van der Waals surface area contributed by atoms with Gasteiger partial charge in [0.05, 0.1) is 23.0 Å². The van der Waals surface area contributed by atoms with Crippen molar-refractivity contribution in [1.82, 2.24) is 4.98 Å². The van der Waals surface area contributed by atoms with E-state index in [4.69, 9.17) is 10.5 Å². The molecule has 0 aliphatic heterocycles. The molecule has 6 heteroatoms. The van der Waals surface area contributed by atoms with E-state index in [9.17, 15) is 10.1 Å². The van der Waals surface area contributed by atoms with Gasteiger partial charge in [-0.25, -0.2) is 0 Å². The van der Waals surface area contributed by atoms with Gasteiger partial charge in [-0.2, -0.15) is 0 Å². The molecule has 1 aromatic heterocycles. The average molecular weight is 231 g/mol. The molecule has 2 rings (SSSR count). The number of nitro benzene ring substituents is 1. The third-order valence-electron chi connectivity index (χ3n) is 2.02. The van der Waals surface area contributed by atoms with E-state index in [1.54, 1.807) is 6.07 Å². The minimum absolute atomic E-state index is 0.0167. The monoisotopic (exact) mass is 231 g/mol. The van der Waals surface area contributed by atoms with Crippen LogP contribution in [-0.4, -0.2) is 9.91 Å². The second kappa shape index (κ2) is 4.48. The number of pyridine rings is 1. The molecule has 2 N–H and O–H groups in total. The number of nitro groups is 1. The standard InChI is InChI=1S/C11H9N3O3/c12-8-5-11(7-13-6-8)17-10-3-1-9(2-4-10)14(15)16/h1-7H,12H2. The second-order valence-electron chi connectivity index (χ2n) is 3.31. The second-order valence-corrected chi connectivity index (χ2v) is 3.31. The zero-order valence-electron chi connectivity index (χ0n) is 8.74. The number of rotatable bonds is 3. The quantitative estimate of drug-likeness (QED) is 0.646. The number of nitrogens with zero attached hydrogens (tertiary/aromatic N) is 2. The van der Waals surface area contributed by atoms with Gasteiger partial charge in [0, 0.05) is 18.2 Å². The van der Waals surface area contributed by atoms with Crippen LogP contribution in [-0.2, 0) is 0 Å². The fraction of sp³-hybridized carbons (Fsp3) is 0. The highest BCUT2D eigenvalue weighted by Crippen LogP contribution is 2.24. The molecule has 0 unspecified atom stereocenters. The van der Waals surface area contributed by atoms with Crippen LogP contribution in [0.2, 0.25) is 0 Å². The summed E-state index contributed by atoms with van der Waals surface area (Å²) < 4.78 is 5.43. The number of aromatic nitrogens is 1. The van der Waals surface area contributed by atoms with E-state index >= 15 is 0 Å². The zero-order valence-corrected chi connectivity index (χ0v) is 8.74. The van der Waals surface area contributed by atoms with Crippen molar-refractivity contribution in [3.63, 3.8) is 0 Å². The molecule has 0 saturated heterocycles. The van der Waals surface area contributed by atoms with Gasteiger partial charge in [0.15, 0.2) is 0 Å². The summed E-state index contributed by atoms with van der Waals surface area (Å²) in [5, 5.41) is 10.5. The smallest absolute Gasteiger partial charge is 0.269 e. The third-order valence-corrected chi connectivity index (χ3v) is 2.02. The summed E-state index contributed by atoms with van der Waals surface area (Å²) >= 11 is 0. The maximum absolute atomic E-state index is 10.5. The van der Waals surface area contributed by atoms with Gasteiger partial charge in [0.25, 0.3) is 5.69 Å². The van der Waals surface area contributed by atoms with Gasteiger partial charge in [-0.15, -0.1) is 0 Å². The van der Waals surface area contributed by atoms with E-state index < -0.39 is 4.92 Å². The molecule has 1 aromatic carbocycles. The third kappa shape index (κ3) is 2.69. The minimum Gasteiger partial charge on any atom is -0.456 e. The molecule has 86 valence electrons. The molecule has 0 saturated carbocycles. The SMILES string of the molecule is Nc1cncc(Oc2ccc([N+](=O)[O-])cc2)c1. The van der Waals surface area contributed by atoms with Crippen LogP contribution in [0, 0.1) is 10.1 Å². The Kier molecular flexibility index (Phi) is 2.87. The molecule has 0 atom stereocenters. The largest absolute Gasteiger partial charge is 0.456 e. The summed E-state index contributed by atoms with van der Waals surface area (Å²) in [6.45, 7) is 0. The number of anilines is 1. The maximum atomic E-state index is 10.5. The number of benzene rings is 1. The van der Waals surface area contributed by atoms with E-state index in [0.29, 0.717) is 17.2 Å². The molecule has 0 aliphatic carbocycles. The van der Waals surface area contributed by atoms with Gasteiger partial charge in [-0.05, 0) is 12.1 Å². The average Bonchev–Trinajstić information content (AvgIpc) is 2.29. The summed E-state index contributed by atoms with van der Waals surface area (Å²) in [6, 6.07) is 7.39. The summed E-state index contributed by atoms with van der Waals surface area (Å²) in [5.74, 6) is 0.974. The Morgan fingerprint density at radius 3 is 2.47 bits per heavy atom. The minimum atomic E-state index is -0.466. The first-order valence-electron chi connectivity index (χ1n) is 4.78. The van der Waals surface area contributed by atoms with Crippen molar-refractivity contribution >= 4 is 11.4 Å². The Labute approximate surface area is 96.8 Å². The highest BCUT2D eigenvalue weighted by atomic mass is 16.6. The lowest BCUT2D eigenvalue weighted by molar-refractivity contribution is -0.384. The summed E-state index contributed by atoms with van der Waals surface area (Å²) in [4.78, 5) is 13.9. The van der Waals surface area contributed by atoms with Gasteiger partial charge in [0.2, 0.25) is 0 Å². The van der Waals surface area contributed by atoms with Gasteiger partial charge in [-0.1, -0.05) is 0 Å². The van der Waals surface area contributed by atoms with E-state index in [-0.39, 0.29) is 5.69 Å². The highest BCUT2D eigenvalue weighted by molar-refractivity contribution is 5.43. The van der Waals surface area contributed by atoms with Crippen molar-refractivity contribution < 1.29 is 9.66 Å². The van der Waals surface area contributed by atoms with E-state index in [0.717, 1.165) is 0 Å². The highest BCUT2D eigenvalue weighted by Gasteiger charge is 2.05. The number of non-ortho nitro benzene ring substituents is 1. The van der Waals surface area contributed by atoms with Crippen LogP contribution in [0.15, 0.2) is 42.7 Å². The predicted molar refractivity (Wildman–Crippen MR) is 61.8 cm³/mol. The van der Waals surface area contributed by atoms with Gasteiger partial charge in [-0.3, -0.25) is 15.1 Å². The predicted octanol–water partition coefficient (Wildman–Crippen LogP) is 2.36. The first-order chi connectivity index (χ1) is 8.15. The molecule has 0 radical (unpaired) electrons. The van der Waals surface area contributed by atoms with Gasteiger partial charge >= 0.3 is 0 Å². The van der Waals surface area contributed by atoms with Crippen LogP contribution in [0.25, 0.3) is 0 Å². The Morgan fingerprint density at radius 1 is 1.18 bits per heavy atom. The Balaban J connectivity index is 2.16. The van der Waals surface area contributed by atoms with Crippen molar-refractivity contribution in [3.05, 3.63) is 52.8 Å². The van der Waals surface area contributed by atoms with Crippen LogP contribution >= 0.6 is 0 Å². The van der Waals surface area contributed by atoms with E-state index in [1.165, 1.54) is 36.7 Å². The molecule has 2 aromatic rings. The molecule has 17 heavy (non-hydrogen) atoms. The van der Waals surface area contributed by atoms with Crippen molar-refractivity contribution in [2.75, 3.05) is 5.73 Å². The number of nitrogens with two attached hydrogens (primary N) is 1. The van der Waals surface area contributed by atoms with E-state index in [2.05, 4.69) is 4.98 Å². The first-order valence-corrected chi connectivity index (χ1v) is 4.78. The van der Waals surface area contributed by atoms with Crippen molar-refractivity contribution in [3.8, 4) is 11.5 Å². The van der Waals surface area contributed by atoms with Crippen molar-refractivity contribution in [1.29, 1.82) is 0 Å². The fourth-order valence-corrected chi connectivity index (χ4v) is 1.26. The number of ether oxygens (including phenoxy) is 1. The van der Waals surface area contributed by atoms with Crippen LogP contribution in [0.1, 0.15) is 0 Å². The number of nitrogen functional groups attached to an aromatic ring is 1. The van der Waals surface area contributed by atoms with Crippen LogP contribution in [0.4, 0.5) is 11.4 Å². The summed E-state index contributed by atoms with van der Waals surface area (Å²) in [5.41, 5.74) is 6.05. The summed E-state index contributed by atoms with van der Waals surface area (Å²) in [7, 11) is 0. The molecule has 6 nitrogen and oxygen atoms in total. The molecule has 0 bridgehead atoms. The maximum Gasteiger partial charge on any atom is 0.269 e. The fourth-order valence-electron chi connectivity index (χ4n) is 1.26. The Hall–Kier alpha value is -2.63. The molecule has 0 spiro atoms. The topological polar surface area (TPSA) is 91.3 Å². The normalized spacial score (nSPS) is 9.88. The van der Waals surface area contributed by atoms with Crippen LogP contribution in [0.3, 0.4) is 0 Å². The van der Waals surface area contributed by atoms with Crippen LogP contribution < -0.4 is 10.5 Å². The van der Waals surface area contributed by atoms with Crippen LogP contribution in [0.5, 0.6) is 11.5 Å². The molecular formula is C11H9N3O3. The number of hydrogen-bond acceptors (Lipinski definition) is 5. The molecule has 0 aliphatic rings.